The molecule has 0 radical (unpaired) electrons. The zero-order chi connectivity index (χ0) is 9.73. The summed E-state index contributed by atoms with van der Waals surface area (Å²) in [5, 5.41) is 0. The van der Waals surface area contributed by atoms with Crippen LogP contribution < -0.4 is 5.73 Å². The minimum Gasteiger partial charge on any atom is -0.417 e. The van der Waals surface area contributed by atoms with Crippen molar-refractivity contribution >= 4 is 6.09 Å². The van der Waals surface area contributed by atoms with Gasteiger partial charge in [-0.3, -0.25) is 0 Å². The smallest absolute Gasteiger partial charge is 0.407 e. The van der Waals surface area contributed by atoms with Gasteiger partial charge in [-0.2, -0.15) is 0 Å². The van der Waals surface area contributed by atoms with Gasteiger partial charge in [0, 0.05) is 12.8 Å². The first-order valence-electron chi connectivity index (χ1n) is 4.81. The van der Waals surface area contributed by atoms with Gasteiger partial charge in [-0.1, -0.05) is 13.3 Å². The Kier molecular flexibility index (Phi) is 3.54. The van der Waals surface area contributed by atoms with Gasteiger partial charge in [0.1, 0.15) is 0 Å². The molecule has 1 saturated heterocycles. The van der Waals surface area contributed by atoms with E-state index in [9.17, 15) is 4.79 Å². The molecule has 0 aromatic carbocycles. The second-order valence-electron chi connectivity index (χ2n) is 3.39. The number of rotatable bonds is 4. The molecular formula is C9H17NO3. The highest BCUT2D eigenvalue weighted by atomic mass is 16.7. The average Bonchev–Trinajstić information content (AvgIpc) is 2.49. The summed E-state index contributed by atoms with van der Waals surface area (Å²) in [5.41, 5.74) is 4.99. The summed E-state index contributed by atoms with van der Waals surface area (Å²) in [6.45, 7) is 2.75. The first kappa shape index (κ1) is 10.3. The number of unbranched alkanes of at least 4 members (excludes halogenated alkanes) is 1. The third-order valence-electron chi connectivity index (χ3n) is 2.26. The first-order chi connectivity index (χ1) is 6.18. The van der Waals surface area contributed by atoms with E-state index in [1.54, 1.807) is 0 Å². The van der Waals surface area contributed by atoms with Gasteiger partial charge >= 0.3 is 6.09 Å². The van der Waals surface area contributed by atoms with Gasteiger partial charge in [0.25, 0.3) is 0 Å². The average molecular weight is 187 g/mol. The van der Waals surface area contributed by atoms with Crippen LogP contribution >= 0.6 is 0 Å². The van der Waals surface area contributed by atoms with Crippen LogP contribution in [0.15, 0.2) is 0 Å². The number of carbonyl (C=O) groups excluding carboxylic acids is 1. The number of ether oxygens (including phenoxy) is 2. The Hall–Kier alpha value is -0.770. The summed E-state index contributed by atoms with van der Waals surface area (Å²) in [6.07, 6.45) is 3.79. The van der Waals surface area contributed by atoms with Gasteiger partial charge in [-0.05, 0) is 12.8 Å². The maximum atomic E-state index is 10.6. The molecule has 4 nitrogen and oxygen atoms in total. The molecule has 1 amide bonds. The summed E-state index contributed by atoms with van der Waals surface area (Å²) in [6, 6.07) is 0. The van der Waals surface area contributed by atoms with Crippen LogP contribution in [0, 0.1) is 0 Å². The topological polar surface area (TPSA) is 61.5 Å². The Balaban J connectivity index is 2.47. The SMILES string of the molecule is CCCCC1(OC(N)=O)CCCO1. The number of nitrogens with two attached hydrogens (primary N) is 1. The zero-order valence-electron chi connectivity index (χ0n) is 8.04. The maximum Gasteiger partial charge on any atom is 0.407 e. The minimum atomic E-state index is -0.738. The maximum absolute atomic E-state index is 10.6. The van der Waals surface area contributed by atoms with Crippen molar-refractivity contribution in [1.29, 1.82) is 0 Å². The van der Waals surface area contributed by atoms with E-state index in [0.717, 1.165) is 32.1 Å². The fourth-order valence-electron chi connectivity index (χ4n) is 1.63. The third-order valence-corrected chi connectivity index (χ3v) is 2.26. The van der Waals surface area contributed by atoms with Gasteiger partial charge in [-0.25, -0.2) is 4.79 Å². The van der Waals surface area contributed by atoms with Crippen LogP contribution in [0.1, 0.15) is 39.0 Å². The normalized spacial score (nSPS) is 27.5. The Morgan fingerprint density at radius 3 is 2.92 bits per heavy atom. The summed E-state index contributed by atoms with van der Waals surface area (Å²) in [5.74, 6) is -0.707. The van der Waals surface area contributed by atoms with Gasteiger partial charge < -0.3 is 15.2 Å². The molecule has 1 unspecified atom stereocenters. The van der Waals surface area contributed by atoms with Gasteiger partial charge in [0.2, 0.25) is 5.79 Å². The van der Waals surface area contributed by atoms with E-state index in [1.165, 1.54) is 0 Å². The van der Waals surface area contributed by atoms with Crippen LogP contribution in [0.5, 0.6) is 0 Å². The molecule has 0 bridgehead atoms. The lowest BCUT2D eigenvalue weighted by Gasteiger charge is -2.26. The van der Waals surface area contributed by atoms with Gasteiger partial charge in [0.15, 0.2) is 0 Å². The molecular weight excluding hydrogens is 170 g/mol. The van der Waals surface area contributed by atoms with Crippen LogP contribution in [-0.2, 0) is 9.47 Å². The highest BCUT2D eigenvalue weighted by Crippen LogP contribution is 2.31. The molecule has 1 atom stereocenters. The molecule has 0 spiro atoms. The monoisotopic (exact) mass is 187 g/mol. The second kappa shape index (κ2) is 4.46. The van der Waals surface area contributed by atoms with Crippen molar-refractivity contribution in [3.05, 3.63) is 0 Å². The van der Waals surface area contributed by atoms with E-state index in [-0.39, 0.29) is 0 Å². The quantitative estimate of drug-likeness (QED) is 0.729. The van der Waals surface area contributed by atoms with Crippen molar-refractivity contribution < 1.29 is 14.3 Å². The van der Waals surface area contributed by atoms with Gasteiger partial charge in [-0.15, -0.1) is 0 Å². The summed E-state index contributed by atoms with van der Waals surface area (Å²) < 4.78 is 10.4. The second-order valence-corrected chi connectivity index (χ2v) is 3.39. The fourth-order valence-corrected chi connectivity index (χ4v) is 1.63. The van der Waals surface area contributed by atoms with Crippen LogP contribution in [-0.4, -0.2) is 18.5 Å². The molecule has 13 heavy (non-hydrogen) atoms. The standard InChI is InChI=1S/C9H17NO3/c1-2-3-5-9(13-8(10)11)6-4-7-12-9/h2-7H2,1H3,(H2,10,11). The fraction of sp³-hybridized carbons (Fsp3) is 0.889. The molecule has 0 saturated carbocycles. The van der Waals surface area contributed by atoms with E-state index in [1.807, 2.05) is 0 Å². The van der Waals surface area contributed by atoms with E-state index in [2.05, 4.69) is 6.92 Å². The number of hydrogen-bond donors (Lipinski definition) is 1. The number of hydrogen-bond acceptors (Lipinski definition) is 3. The predicted octanol–water partition coefficient (Wildman–Crippen LogP) is 1.78. The molecule has 1 fully saturated rings. The highest BCUT2D eigenvalue weighted by molar-refractivity contribution is 5.65. The van der Waals surface area contributed by atoms with Crippen LogP contribution in [0.4, 0.5) is 4.79 Å². The van der Waals surface area contributed by atoms with E-state index in [0.29, 0.717) is 6.61 Å². The van der Waals surface area contributed by atoms with Gasteiger partial charge in [0.05, 0.1) is 6.61 Å². The Morgan fingerprint density at radius 1 is 1.69 bits per heavy atom. The van der Waals surface area contributed by atoms with E-state index < -0.39 is 11.9 Å². The van der Waals surface area contributed by atoms with Crippen molar-refractivity contribution in [2.75, 3.05) is 6.61 Å². The molecule has 4 heteroatoms. The molecule has 0 aliphatic carbocycles. The number of carbonyl (C=O) groups is 1. The molecule has 0 aromatic rings. The highest BCUT2D eigenvalue weighted by Gasteiger charge is 2.37. The molecule has 1 aliphatic heterocycles. The van der Waals surface area contributed by atoms with Crippen molar-refractivity contribution in [2.45, 2.75) is 44.8 Å². The predicted molar refractivity (Wildman–Crippen MR) is 48.1 cm³/mol. The van der Waals surface area contributed by atoms with Crippen molar-refractivity contribution in [2.24, 2.45) is 5.73 Å². The van der Waals surface area contributed by atoms with E-state index in [4.69, 9.17) is 15.2 Å². The molecule has 76 valence electrons. The Bertz CT molecular complexity index is 176. The number of primary amides is 1. The van der Waals surface area contributed by atoms with Crippen molar-refractivity contribution in [3.8, 4) is 0 Å². The lowest BCUT2D eigenvalue weighted by Crippen LogP contribution is -2.36. The summed E-state index contributed by atoms with van der Waals surface area (Å²) in [4.78, 5) is 10.6. The lowest BCUT2D eigenvalue weighted by molar-refractivity contribution is -0.174. The van der Waals surface area contributed by atoms with Crippen LogP contribution in [0.25, 0.3) is 0 Å². The Labute approximate surface area is 78.4 Å². The van der Waals surface area contributed by atoms with Crippen molar-refractivity contribution in [3.63, 3.8) is 0 Å². The van der Waals surface area contributed by atoms with Crippen molar-refractivity contribution in [1.82, 2.24) is 0 Å². The molecule has 1 aliphatic rings. The summed E-state index contributed by atoms with van der Waals surface area (Å²) >= 11 is 0. The molecule has 1 heterocycles. The third kappa shape index (κ3) is 2.88. The molecule has 0 aromatic heterocycles. The zero-order valence-corrected chi connectivity index (χ0v) is 8.04. The van der Waals surface area contributed by atoms with Crippen LogP contribution in [0.3, 0.4) is 0 Å². The first-order valence-corrected chi connectivity index (χ1v) is 4.81. The minimum absolute atomic E-state index is 0.664. The summed E-state index contributed by atoms with van der Waals surface area (Å²) in [7, 11) is 0. The number of amides is 1. The molecule has 1 rings (SSSR count). The van der Waals surface area contributed by atoms with Crippen LogP contribution in [0.2, 0.25) is 0 Å². The molecule has 2 N–H and O–H groups in total. The largest absolute Gasteiger partial charge is 0.417 e. The lowest BCUT2D eigenvalue weighted by atomic mass is 10.1. The Morgan fingerprint density at radius 2 is 2.46 bits per heavy atom. The van der Waals surface area contributed by atoms with E-state index >= 15 is 0 Å².